The lowest BCUT2D eigenvalue weighted by atomic mass is 9.84. The van der Waals surface area contributed by atoms with Crippen molar-refractivity contribution >= 4 is 50.8 Å². The number of carbonyl (C=O) groups excluding carboxylic acids is 1. The Labute approximate surface area is 199 Å². The minimum atomic E-state index is -3.73. The molecule has 1 atom stereocenters. The van der Waals surface area contributed by atoms with Gasteiger partial charge in [0, 0.05) is 35.1 Å². The summed E-state index contributed by atoms with van der Waals surface area (Å²) in [5, 5.41) is 6.81. The van der Waals surface area contributed by atoms with E-state index in [1.807, 2.05) is 38.1 Å². The van der Waals surface area contributed by atoms with Gasteiger partial charge in [0.15, 0.2) is 0 Å². The maximum atomic E-state index is 12.5. The Morgan fingerprint density at radius 1 is 1.19 bits per heavy atom. The number of benzene rings is 2. The Kier molecular flexibility index (Phi) is 7.90. The van der Waals surface area contributed by atoms with Crippen molar-refractivity contribution in [2.75, 3.05) is 17.6 Å². The molecule has 3 rings (SSSR count). The van der Waals surface area contributed by atoms with Crippen LogP contribution >= 0.6 is 23.4 Å². The predicted octanol–water partition coefficient (Wildman–Crippen LogP) is 5.20. The zero-order valence-electron chi connectivity index (χ0n) is 18.4. The van der Waals surface area contributed by atoms with Gasteiger partial charge < -0.3 is 10.6 Å². The maximum absolute atomic E-state index is 12.5. The molecular weight excluding hydrogens is 466 g/mol. The number of fused-ring (bicyclic) bond motifs is 1. The molecule has 0 bridgehead atoms. The lowest BCUT2D eigenvalue weighted by Gasteiger charge is -2.27. The van der Waals surface area contributed by atoms with Crippen LogP contribution in [0.15, 0.2) is 62.7 Å². The predicted molar refractivity (Wildman–Crippen MR) is 132 cm³/mol. The number of amides is 1. The van der Waals surface area contributed by atoms with Crippen LogP contribution in [-0.4, -0.2) is 32.5 Å². The van der Waals surface area contributed by atoms with Crippen LogP contribution in [0.1, 0.15) is 33.6 Å². The average molecular weight is 494 g/mol. The van der Waals surface area contributed by atoms with Crippen LogP contribution in [0.4, 0.5) is 5.69 Å². The van der Waals surface area contributed by atoms with Crippen LogP contribution in [0.25, 0.3) is 0 Å². The number of hydrogen-bond donors (Lipinski definition) is 2. The molecule has 0 spiro atoms. The third-order valence-corrected chi connectivity index (χ3v) is 7.92. The van der Waals surface area contributed by atoms with Crippen molar-refractivity contribution in [1.29, 1.82) is 0 Å². The fourth-order valence-electron chi connectivity index (χ4n) is 3.37. The van der Waals surface area contributed by atoms with Gasteiger partial charge in [-0.15, -0.1) is 16.2 Å². The molecule has 2 aromatic rings. The molecule has 1 heterocycles. The smallest absolute Gasteiger partial charge is 0.286 e. The Hall–Kier alpha value is -2.03. The van der Waals surface area contributed by atoms with Gasteiger partial charge in [-0.25, -0.2) is 0 Å². The number of para-hydroxylation sites is 1. The Morgan fingerprint density at radius 2 is 1.88 bits per heavy atom. The number of sulfonamides is 1. The number of carbonyl (C=O) groups is 1. The lowest BCUT2D eigenvalue weighted by molar-refractivity contribution is -0.123. The van der Waals surface area contributed by atoms with Gasteiger partial charge in [-0.05, 0) is 47.7 Å². The summed E-state index contributed by atoms with van der Waals surface area (Å²) in [6, 6.07) is 14.4. The van der Waals surface area contributed by atoms with Crippen LogP contribution in [0.3, 0.4) is 0 Å². The van der Waals surface area contributed by atoms with E-state index in [9.17, 15) is 13.2 Å². The summed E-state index contributed by atoms with van der Waals surface area (Å²) < 4.78 is 28.8. The number of anilines is 1. The monoisotopic (exact) mass is 493 g/mol. The van der Waals surface area contributed by atoms with Gasteiger partial charge in [0.1, 0.15) is 10.7 Å². The van der Waals surface area contributed by atoms with Crippen molar-refractivity contribution in [2.45, 2.75) is 43.4 Å². The van der Waals surface area contributed by atoms with Crippen molar-refractivity contribution in [3.63, 3.8) is 0 Å². The fraction of sp³-hybridized carbons (Fsp3) is 0.391. The van der Waals surface area contributed by atoms with Gasteiger partial charge in [0.05, 0.1) is 5.69 Å². The van der Waals surface area contributed by atoms with Crippen molar-refractivity contribution in [3.8, 4) is 0 Å². The van der Waals surface area contributed by atoms with Crippen molar-refractivity contribution in [1.82, 2.24) is 5.32 Å². The van der Waals surface area contributed by atoms with Crippen molar-refractivity contribution in [2.24, 2.45) is 15.7 Å². The van der Waals surface area contributed by atoms with Gasteiger partial charge in [0.25, 0.3) is 10.0 Å². The molecule has 172 valence electrons. The topological polar surface area (TPSA) is 87.6 Å². The van der Waals surface area contributed by atoms with E-state index in [4.69, 9.17) is 11.6 Å². The molecule has 1 aliphatic rings. The number of nitrogens with zero attached hydrogens (tertiary/aromatic N) is 1. The minimum absolute atomic E-state index is 0.0574. The summed E-state index contributed by atoms with van der Waals surface area (Å²) >= 11 is 7.64. The van der Waals surface area contributed by atoms with Crippen LogP contribution < -0.4 is 10.6 Å². The third-order valence-electron chi connectivity index (χ3n) is 4.96. The summed E-state index contributed by atoms with van der Waals surface area (Å²) in [5.41, 5.74) is 0.0590. The van der Waals surface area contributed by atoms with Crippen molar-refractivity contribution < 1.29 is 13.2 Å². The molecule has 0 unspecified atom stereocenters. The molecular formula is C23H28ClN3O3S2. The summed E-state index contributed by atoms with van der Waals surface area (Å²) in [4.78, 5) is 13.8. The molecule has 2 aromatic carbocycles. The first-order chi connectivity index (χ1) is 15.0. The zero-order chi connectivity index (χ0) is 23.4. The number of hydrogen-bond acceptors (Lipinski definition) is 5. The molecule has 2 N–H and O–H groups in total. The van der Waals surface area contributed by atoms with Crippen LogP contribution in [0.2, 0.25) is 5.02 Å². The third kappa shape index (κ3) is 6.98. The van der Waals surface area contributed by atoms with Crippen LogP contribution in [0.5, 0.6) is 0 Å². The van der Waals surface area contributed by atoms with E-state index in [1.54, 1.807) is 30.0 Å². The molecule has 1 amide bonds. The average Bonchev–Trinajstić information content (AvgIpc) is 2.70. The summed E-state index contributed by atoms with van der Waals surface area (Å²) in [5.74, 6) is 1.48. The largest absolute Gasteiger partial charge is 0.356 e. The Morgan fingerprint density at radius 3 is 2.59 bits per heavy atom. The molecule has 0 aromatic heterocycles. The standard InChI is InChI=1S/C23H28ClN3O3S2/c1-16(15-31-18-10-8-17(24)9-11-18)14-25-22(28)13-23(2,3)12-21-26-19-6-4-5-7-20(19)32(29,30)27-21/h4-11,16H,12-15H2,1-3H3,(H,25,28)(H,26,27)/t16-/m1/s1. The second-order valence-electron chi connectivity index (χ2n) is 8.83. The maximum Gasteiger partial charge on any atom is 0.286 e. The molecule has 0 aliphatic carbocycles. The number of nitrogens with one attached hydrogen (secondary N) is 2. The van der Waals surface area contributed by atoms with Gasteiger partial charge >= 0.3 is 0 Å². The molecule has 0 fully saturated rings. The molecule has 0 saturated heterocycles. The second kappa shape index (κ2) is 10.3. The van der Waals surface area contributed by atoms with E-state index in [-0.39, 0.29) is 17.2 Å². The number of amidine groups is 1. The molecule has 6 nitrogen and oxygen atoms in total. The Balaban J connectivity index is 1.48. The molecule has 32 heavy (non-hydrogen) atoms. The SMILES string of the molecule is C[C@H](CNC(=O)CC(C)(C)CC1=NS(=O)(=O)c2ccccc2N1)CSc1ccc(Cl)cc1. The normalized spacial score (nSPS) is 15.8. The number of thioether (sulfide) groups is 1. The highest BCUT2D eigenvalue weighted by atomic mass is 35.5. The summed E-state index contributed by atoms with van der Waals surface area (Å²) in [7, 11) is -3.73. The molecule has 9 heteroatoms. The van der Waals surface area contributed by atoms with E-state index in [0.29, 0.717) is 35.4 Å². The van der Waals surface area contributed by atoms with E-state index < -0.39 is 15.4 Å². The van der Waals surface area contributed by atoms with E-state index in [0.717, 1.165) is 10.6 Å². The van der Waals surface area contributed by atoms with E-state index >= 15 is 0 Å². The summed E-state index contributed by atoms with van der Waals surface area (Å²) in [6.07, 6.45) is 0.613. The van der Waals surface area contributed by atoms with Crippen LogP contribution in [0, 0.1) is 11.3 Å². The van der Waals surface area contributed by atoms with Gasteiger partial charge in [-0.3, -0.25) is 4.79 Å². The fourth-order valence-corrected chi connectivity index (χ4v) is 5.57. The second-order valence-corrected chi connectivity index (χ2v) is 11.9. The summed E-state index contributed by atoms with van der Waals surface area (Å²) in [6.45, 7) is 6.54. The van der Waals surface area contributed by atoms with E-state index in [2.05, 4.69) is 22.0 Å². The van der Waals surface area contributed by atoms with Gasteiger partial charge in [-0.2, -0.15) is 8.42 Å². The first kappa shape index (κ1) is 24.6. The molecule has 0 saturated carbocycles. The minimum Gasteiger partial charge on any atom is -0.356 e. The van der Waals surface area contributed by atoms with Crippen LogP contribution in [-0.2, 0) is 14.8 Å². The highest BCUT2D eigenvalue weighted by Gasteiger charge is 2.30. The Bertz CT molecular complexity index is 1100. The number of halogens is 1. The first-order valence-electron chi connectivity index (χ1n) is 10.4. The highest BCUT2D eigenvalue weighted by Crippen LogP contribution is 2.32. The highest BCUT2D eigenvalue weighted by molar-refractivity contribution is 7.99. The number of rotatable bonds is 9. The van der Waals surface area contributed by atoms with E-state index in [1.165, 1.54) is 6.07 Å². The zero-order valence-corrected chi connectivity index (χ0v) is 20.8. The quantitative estimate of drug-likeness (QED) is 0.468. The molecule has 0 radical (unpaired) electrons. The van der Waals surface area contributed by atoms with Gasteiger partial charge in [-0.1, -0.05) is 44.5 Å². The van der Waals surface area contributed by atoms with Gasteiger partial charge in [0.2, 0.25) is 5.91 Å². The molecule has 1 aliphatic heterocycles. The van der Waals surface area contributed by atoms with Crippen molar-refractivity contribution in [3.05, 3.63) is 53.6 Å². The first-order valence-corrected chi connectivity index (χ1v) is 13.2. The lowest BCUT2D eigenvalue weighted by Crippen LogP contribution is -2.34.